The maximum absolute atomic E-state index is 2.89. The summed E-state index contributed by atoms with van der Waals surface area (Å²) in [4.78, 5) is 0. The number of hydrogen-bond acceptors (Lipinski definition) is 0. The summed E-state index contributed by atoms with van der Waals surface area (Å²) in [6.07, 6.45) is 0. The normalized spacial score (nSPS) is 7.33. The van der Waals surface area contributed by atoms with E-state index in [9.17, 15) is 0 Å². The fraction of sp³-hybridized carbons (Fsp3) is 0. The summed E-state index contributed by atoms with van der Waals surface area (Å²) in [5.74, 6) is 0. The molecule has 1 heteroatoms. The molecule has 0 nitrogen and oxygen atoms in total. The Bertz CT molecular complexity index is 191. The van der Waals surface area contributed by atoms with Crippen LogP contribution in [0.25, 0.3) is 0 Å². The predicted octanol–water partition coefficient (Wildman–Crippen LogP) is 2.89. The van der Waals surface area contributed by atoms with E-state index in [-0.39, 0.29) is 26.2 Å². The summed E-state index contributed by atoms with van der Waals surface area (Å²) < 4.78 is 0. The number of rotatable bonds is 0. The predicted molar refractivity (Wildman–Crippen MR) is 47.3 cm³/mol. The zero-order valence-corrected chi connectivity index (χ0v) is 9.23. The van der Waals surface area contributed by atoms with Crippen molar-refractivity contribution in [1.82, 2.24) is 0 Å². The van der Waals surface area contributed by atoms with Crippen LogP contribution >= 0.6 is 0 Å². The first kappa shape index (κ1) is 11.5. The van der Waals surface area contributed by atoms with Crippen molar-refractivity contribution in [1.29, 1.82) is 0 Å². The van der Waals surface area contributed by atoms with Crippen molar-refractivity contribution in [3.8, 4) is 0 Å². The van der Waals surface area contributed by atoms with Crippen molar-refractivity contribution in [2.45, 2.75) is 0 Å². The third kappa shape index (κ3) is 6.18. The average molecular weight is 233 g/mol. The molecule has 0 N–H and O–H groups in total. The molecule has 0 radical (unpaired) electrons. The molecule has 2 aromatic rings. The smallest absolute Gasteiger partial charge is 0.214 e. The van der Waals surface area contributed by atoms with Gasteiger partial charge in [0.05, 0.1) is 0 Å². The fourth-order valence-electron chi connectivity index (χ4n) is 0.663. The summed E-state index contributed by atoms with van der Waals surface area (Å²) in [5.41, 5.74) is 0. The first-order chi connectivity index (χ1) is 5.50. The molecule has 0 aliphatic rings. The SMILES string of the molecule is [Zr+2].[c-]1ccccc1.c1cc[cH-]c1. The Labute approximate surface area is 92.7 Å². The van der Waals surface area contributed by atoms with E-state index in [0.29, 0.717) is 0 Å². The summed E-state index contributed by atoms with van der Waals surface area (Å²) in [5, 5.41) is 0. The average Bonchev–Trinajstić information content (AvgIpc) is 2.64. The summed E-state index contributed by atoms with van der Waals surface area (Å²) in [6.45, 7) is 0. The van der Waals surface area contributed by atoms with E-state index in [1.54, 1.807) is 0 Å². The third-order valence-corrected chi connectivity index (χ3v) is 1.16. The third-order valence-electron chi connectivity index (χ3n) is 1.16. The minimum Gasteiger partial charge on any atom is -0.214 e. The van der Waals surface area contributed by atoms with Crippen LogP contribution in [0.5, 0.6) is 0 Å². The molecule has 0 saturated heterocycles. The van der Waals surface area contributed by atoms with Gasteiger partial charge in [-0.1, -0.05) is 0 Å². The molecule has 0 aliphatic heterocycles. The monoisotopic (exact) mass is 232 g/mol. The van der Waals surface area contributed by atoms with Crippen LogP contribution in [0.4, 0.5) is 0 Å². The Balaban J connectivity index is 0.000000189. The van der Waals surface area contributed by atoms with Crippen LogP contribution in [0.15, 0.2) is 60.7 Å². The van der Waals surface area contributed by atoms with Gasteiger partial charge in [0.2, 0.25) is 0 Å². The Morgan fingerprint density at radius 2 is 1.33 bits per heavy atom. The van der Waals surface area contributed by atoms with Gasteiger partial charge >= 0.3 is 26.2 Å². The van der Waals surface area contributed by atoms with Gasteiger partial charge in [0.1, 0.15) is 0 Å². The van der Waals surface area contributed by atoms with Crippen molar-refractivity contribution in [2.75, 3.05) is 0 Å². The summed E-state index contributed by atoms with van der Waals surface area (Å²) in [7, 11) is 0. The van der Waals surface area contributed by atoms with Crippen LogP contribution in [0.3, 0.4) is 0 Å². The first-order valence-electron chi connectivity index (χ1n) is 3.58. The molecule has 12 heavy (non-hydrogen) atoms. The molecule has 0 saturated carbocycles. The van der Waals surface area contributed by atoms with Gasteiger partial charge in [-0.05, 0) is 0 Å². The van der Waals surface area contributed by atoms with Crippen molar-refractivity contribution in [3.05, 3.63) is 66.7 Å². The molecular weight excluding hydrogens is 223 g/mol. The van der Waals surface area contributed by atoms with Crippen LogP contribution in [0.2, 0.25) is 0 Å². The molecule has 0 heterocycles. The fourth-order valence-corrected chi connectivity index (χ4v) is 0.663. The largest absolute Gasteiger partial charge is 2.00 e. The molecule has 0 aromatic heterocycles. The molecule has 0 bridgehead atoms. The molecule has 0 atom stereocenters. The first-order valence-corrected chi connectivity index (χ1v) is 3.58. The topological polar surface area (TPSA) is 0 Å². The van der Waals surface area contributed by atoms with Crippen LogP contribution in [0, 0.1) is 6.07 Å². The van der Waals surface area contributed by atoms with E-state index in [0.717, 1.165) is 0 Å². The second-order valence-corrected chi connectivity index (χ2v) is 2.04. The van der Waals surface area contributed by atoms with Gasteiger partial charge < -0.3 is 0 Å². The van der Waals surface area contributed by atoms with E-state index in [1.165, 1.54) is 0 Å². The van der Waals surface area contributed by atoms with E-state index in [2.05, 4.69) is 6.07 Å². The van der Waals surface area contributed by atoms with Crippen molar-refractivity contribution < 1.29 is 26.2 Å². The Hall–Kier alpha value is -0.547. The van der Waals surface area contributed by atoms with E-state index in [1.807, 2.05) is 60.7 Å². The van der Waals surface area contributed by atoms with Gasteiger partial charge in [0.15, 0.2) is 0 Å². The maximum atomic E-state index is 2.89. The second kappa shape index (κ2) is 8.55. The molecule has 0 fully saturated rings. The van der Waals surface area contributed by atoms with Crippen LogP contribution < -0.4 is 0 Å². The minimum atomic E-state index is 0. The Morgan fingerprint density at radius 1 is 0.750 bits per heavy atom. The number of hydrogen-bond donors (Lipinski definition) is 0. The Kier molecular flexibility index (Phi) is 8.16. The summed E-state index contributed by atoms with van der Waals surface area (Å²) in [6, 6.07) is 22.5. The van der Waals surface area contributed by atoms with Crippen molar-refractivity contribution in [2.24, 2.45) is 0 Å². The number of benzene rings is 1. The molecule has 0 unspecified atom stereocenters. The molecule has 0 amide bonds. The van der Waals surface area contributed by atoms with Crippen molar-refractivity contribution in [3.63, 3.8) is 0 Å². The van der Waals surface area contributed by atoms with Gasteiger partial charge in [0.25, 0.3) is 0 Å². The van der Waals surface area contributed by atoms with Gasteiger partial charge in [-0.3, -0.25) is 0 Å². The van der Waals surface area contributed by atoms with E-state index < -0.39 is 0 Å². The van der Waals surface area contributed by atoms with Crippen LogP contribution in [-0.2, 0) is 26.2 Å². The maximum Gasteiger partial charge on any atom is 2.00 e. The minimum absolute atomic E-state index is 0. The quantitative estimate of drug-likeness (QED) is 0.614. The van der Waals surface area contributed by atoms with E-state index >= 15 is 0 Å². The zero-order chi connectivity index (χ0) is 7.78. The van der Waals surface area contributed by atoms with Crippen LogP contribution in [0.1, 0.15) is 0 Å². The van der Waals surface area contributed by atoms with Crippen molar-refractivity contribution >= 4 is 0 Å². The summed E-state index contributed by atoms with van der Waals surface area (Å²) >= 11 is 0. The van der Waals surface area contributed by atoms with E-state index in [4.69, 9.17) is 0 Å². The van der Waals surface area contributed by atoms with Gasteiger partial charge in [-0.25, -0.2) is 12.1 Å². The molecule has 2 aromatic carbocycles. The standard InChI is InChI=1S/C6H5.C5H5.Zr/c1-2-4-6-5-3-1;1-2-4-5-3-1;/h1-5H;1-5H;/q2*-1;+2. The van der Waals surface area contributed by atoms with Gasteiger partial charge in [-0.2, -0.15) is 54.6 Å². The second-order valence-electron chi connectivity index (χ2n) is 2.04. The molecule has 2 rings (SSSR count). The van der Waals surface area contributed by atoms with Crippen LogP contribution in [-0.4, -0.2) is 0 Å². The zero-order valence-electron chi connectivity index (χ0n) is 6.77. The molecule has 0 aliphatic carbocycles. The molecule has 58 valence electrons. The van der Waals surface area contributed by atoms with Gasteiger partial charge in [0, 0.05) is 0 Å². The molecule has 0 spiro atoms. The Morgan fingerprint density at radius 3 is 1.50 bits per heavy atom. The molecular formula is C11H10Zr. The van der Waals surface area contributed by atoms with Gasteiger partial charge in [-0.15, -0.1) is 0 Å².